The summed E-state index contributed by atoms with van der Waals surface area (Å²) >= 11 is 0.831. The van der Waals surface area contributed by atoms with Gasteiger partial charge in [0.15, 0.2) is 0 Å². The molecule has 2 aliphatic heterocycles. The Morgan fingerprint density at radius 1 is 1.00 bits per heavy atom. The molecule has 0 aromatic heterocycles. The minimum Gasteiger partial charge on any atom is -0.489 e. The number of amides is 3. The highest BCUT2D eigenvalue weighted by Gasteiger charge is 2.37. The van der Waals surface area contributed by atoms with E-state index in [2.05, 4.69) is 0 Å². The minimum atomic E-state index is -0.978. The number of hydrogen-bond acceptors (Lipinski definition) is 6. The van der Waals surface area contributed by atoms with Gasteiger partial charge in [-0.05, 0) is 66.1 Å². The smallest absolute Gasteiger partial charge is 0.335 e. The molecule has 0 bridgehead atoms. The van der Waals surface area contributed by atoms with E-state index in [1.165, 1.54) is 12.1 Å². The fourth-order valence-corrected chi connectivity index (χ4v) is 4.40. The summed E-state index contributed by atoms with van der Waals surface area (Å²) in [6.45, 7) is 1.41. The van der Waals surface area contributed by atoms with E-state index in [0.29, 0.717) is 18.8 Å². The van der Waals surface area contributed by atoms with Crippen LogP contribution in [0, 0.1) is 0 Å². The maximum atomic E-state index is 12.6. The van der Waals surface area contributed by atoms with Gasteiger partial charge in [0, 0.05) is 13.1 Å². The molecule has 2 aromatic carbocycles. The van der Waals surface area contributed by atoms with Crippen molar-refractivity contribution >= 4 is 40.9 Å². The number of likely N-dealkylation sites (tertiary alicyclic amines) is 1. The van der Waals surface area contributed by atoms with Crippen molar-refractivity contribution < 1.29 is 29.0 Å². The molecule has 0 aliphatic carbocycles. The van der Waals surface area contributed by atoms with Gasteiger partial charge in [0.25, 0.3) is 11.1 Å². The third kappa shape index (κ3) is 5.43. The van der Waals surface area contributed by atoms with Crippen molar-refractivity contribution in [3.8, 4) is 5.75 Å². The summed E-state index contributed by atoms with van der Waals surface area (Å²) in [5.41, 5.74) is 1.78. The van der Waals surface area contributed by atoms with E-state index in [1.807, 2.05) is 0 Å². The van der Waals surface area contributed by atoms with Gasteiger partial charge in [-0.1, -0.05) is 24.3 Å². The van der Waals surface area contributed by atoms with Crippen LogP contribution in [0.4, 0.5) is 4.79 Å². The van der Waals surface area contributed by atoms with Crippen LogP contribution >= 0.6 is 11.8 Å². The van der Waals surface area contributed by atoms with Crippen LogP contribution in [-0.2, 0) is 16.2 Å². The van der Waals surface area contributed by atoms with Gasteiger partial charge in [0.2, 0.25) is 5.91 Å². The Kier molecular flexibility index (Phi) is 6.79. The zero-order valence-corrected chi connectivity index (χ0v) is 18.5. The van der Waals surface area contributed by atoms with Crippen LogP contribution in [0.25, 0.3) is 6.08 Å². The predicted octanol–water partition coefficient (Wildman–Crippen LogP) is 3.62. The number of ether oxygens (including phenoxy) is 1. The van der Waals surface area contributed by atoms with Crippen LogP contribution < -0.4 is 4.74 Å². The Balaban J connectivity index is 1.35. The zero-order chi connectivity index (χ0) is 23.4. The lowest BCUT2D eigenvalue weighted by Crippen LogP contribution is -2.40. The molecule has 2 aliphatic rings. The second-order valence-electron chi connectivity index (χ2n) is 7.72. The first-order chi connectivity index (χ1) is 15.9. The number of aromatic carboxylic acids is 1. The fourth-order valence-electron chi connectivity index (χ4n) is 3.56. The van der Waals surface area contributed by atoms with Crippen molar-refractivity contribution in [1.82, 2.24) is 9.80 Å². The average molecular weight is 467 g/mol. The van der Waals surface area contributed by atoms with E-state index in [-0.39, 0.29) is 29.5 Å². The Morgan fingerprint density at radius 2 is 1.67 bits per heavy atom. The molecule has 2 saturated heterocycles. The molecule has 4 rings (SSSR count). The van der Waals surface area contributed by atoms with Gasteiger partial charge in [-0.2, -0.15) is 0 Å². The largest absolute Gasteiger partial charge is 0.489 e. The molecule has 33 heavy (non-hydrogen) atoms. The maximum Gasteiger partial charge on any atom is 0.335 e. The van der Waals surface area contributed by atoms with Gasteiger partial charge < -0.3 is 14.7 Å². The highest BCUT2D eigenvalue weighted by atomic mass is 32.2. The molecular formula is C24H22N2O6S. The van der Waals surface area contributed by atoms with Crippen LogP contribution in [0.2, 0.25) is 0 Å². The summed E-state index contributed by atoms with van der Waals surface area (Å²) in [6.07, 6.45) is 3.52. The Bertz CT molecular complexity index is 1100. The monoisotopic (exact) mass is 466 g/mol. The molecule has 9 heteroatoms. The molecule has 3 amide bonds. The van der Waals surface area contributed by atoms with Crippen LogP contribution in [-0.4, -0.2) is 57.6 Å². The fraction of sp³-hybridized carbons (Fsp3) is 0.250. The quantitative estimate of drug-likeness (QED) is 0.622. The molecule has 0 atom stereocenters. The van der Waals surface area contributed by atoms with E-state index in [1.54, 1.807) is 47.4 Å². The molecule has 170 valence electrons. The lowest BCUT2D eigenvalue weighted by atomic mass is 10.1. The van der Waals surface area contributed by atoms with E-state index < -0.39 is 17.1 Å². The predicted molar refractivity (Wildman–Crippen MR) is 123 cm³/mol. The number of carbonyl (C=O) groups is 4. The van der Waals surface area contributed by atoms with Gasteiger partial charge in [-0.25, -0.2) is 4.79 Å². The van der Waals surface area contributed by atoms with Crippen molar-refractivity contribution in [3.63, 3.8) is 0 Å². The van der Waals surface area contributed by atoms with E-state index in [0.717, 1.165) is 40.6 Å². The van der Waals surface area contributed by atoms with Gasteiger partial charge in [0.1, 0.15) is 18.9 Å². The average Bonchev–Trinajstić information content (AvgIpc) is 3.44. The number of thioether (sulfide) groups is 1. The van der Waals surface area contributed by atoms with Crippen LogP contribution in [0.5, 0.6) is 5.75 Å². The summed E-state index contributed by atoms with van der Waals surface area (Å²) in [5.74, 6) is -1.02. The molecule has 1 N–H and O–H groups in total. The first-order valence-electron chi connectivity index (χ1n) is 10.5. The van der Waals surface area contributed by atoms with Crippen LogP contribution in [0.3, 0.4) is 0 Å². The highest BCUT2D eigenvalue weighted by Crippen LogP contribution is 2.32. The van der Waals surface area contributed by atoms with E-state index >= 15 is 0 Å². The van der Waals surface area contributed by atoms with Crippen LogP contribution in [0.15, 0.2) is 53.4 Å². The van der Waals surface area contributed by atoms with Crippen LogP contribution in [0.1, 0.15) is 34.3 Å². The highest BCUT2D eigenvalue weighted by molar-refractivity contribution is 8.18. The van der Waals surface area contributed by atoms with Crippen molar-refractivity contribution in [1.29, 1.82) is 0 Å². The van der Waals surface area contributed by atoms with Gasteiger partial charge in [-0.15, -0.1) is 0 Å². The lowest BCUT2D eigenvalue weighted by Gasteiger charge is -2.18. The van der Waals surface area contributed by atoms with Crippen molar-refractivity contribution in [2.75, 3.05) is 19.6 Å². The number of carboxylic acids is 1. The van der Waals surface area contributed by atoms with Crippen molar-refractivity contribution in [2.45, 2.75) is 19.4 Å². The van der Waals surface area contributed by atoms with E-state index in [9.17, 15) is 19.2 Å². The number of carboxylic acid groups (broad SMARTS) is 1. The van der Waals surface area contributed by atoms with Crippen molar-refractivity contribution in [2.24, 2.45) is 0 Å². The molecule has 0 saturated carbocycles. The Morgan fingerprint density at radius 3 is 2.30 bits per heavy atom. The zero-order valence-electron chi connectivity index (χ0n) is 17.7. The van der Waals surface area contributed by atoms with E-state index in [4.69, 9.17) is 9.84 Å². The maximum absolute atomic E-state index is 12.6. The number of rotatable bonds is 7. The summed E-state index contributed by atoms with van der Waals surface area (Å²) < 4.78 is 5.72. The molecule has 0 unspecified atom stereocenters. The minimum absolute atomic E-state index is 0.199. The Hall–Kier alpha value is -3.59. The van der Waals surface area contributed by atoms with Gasteiger partial charge in [0.05, 0.1) is 10.5 Å². The number of hydrogen-bond donors (Lipinski definition) is 1. The molecule has 2 aromatic rings. The number of imide groups is 1. The SMILES string of the molecule is O=C(O)c1ccc(COc2ccc(/C=C3/SC(=O)N(CC(=O)N4CCCC4)C3=O)cc2)cc1. The number of benzene rings is 2. The molecule has 0 spiro atoms. The second-order valence-corrected chi connectivity index (χ2v) is 8.71. The second kappa shape index (κ2) is 9.91. The lowest BCUT2D eigenvalue weighted by molar-refractivity contribution is -0.135. The molecule has 2 heterocycles. The van der Waals surface area contributed by atoms with Crippen molar-refractivity contribution in [3.05, 3.63) is 70.1 Å². The third-order valence-electron chi connectivity index (χ3n) is 5.41. The van der Waals surface area contributed by atoms with Gasteiger partial charge in [-0.3, -0.25) is 19.3 Å². The first-order valence-corrected chi connectivity index (χ1v) is 11.3. The summed E-state index contributed by atoms with van der Waals surface area (Å²) in [6, 6.07) is 13.5. The Labute approximate surface area is 194 Å². The summed E-state index contributed by atoms with van der Waals surface area (Å²) in [7, 11) is 0. The van der Waals surface area contributed by atoms with Gasteiger partial charge >= 0.3 is 5.97 Å². The third-order valence-corrected chi connectivity index (χ3v) is 6.32. The standard InChI is InChI=1S/C24H22N2O6S/c27-21(25-11-1-2-12-25)14-26-22(28)20(33-24(26)31)13-16-5-9-19(10-6-16)32-15-17-3-7-18(8-4-17)23(29)30/h3-10,13H,1-2,11-12,14-15H2,(H,29,30)/b20-13+. The normalized spacial score (nSPS) is 17.2. The molecule has 2 fully saturated rings. The number of carbonyl (C=O) groups excluding carboxylic acids is 3. The molecular weight excluding hydrogens is 444 g/mol. The summed E-state index contributed by atoms with van der Waals surface area (Å²) in [4.78, 5) is 51.1. The topological polar surface area (TPSA) is 104 Å². The number of nitrogens with zero attached hydrogens (tertiary/aromatic N) is 2. The molecule has 0 radical (unpaired) electrons. The summed E-state index contributed by atoms with van der Waals surface area (Å²) in [5, 5.41) is 8.51. The first kappa shape index (κ1) is 22.6. The molecule has 8 nitrogen and oxygen atoms in total.